The van der Waals surface area contributed by atoms with Crippen molar-refractivity contribution in [2.24, 2.45) is 4.99 Å². The number of hydrogen-bond donors (Lipinski definition) is 0. The first-order valence-corrected chi connectivity index (χ1v) is 3.01. The van der Waals surface area contributed by atoms with Crippen LogP contribution in [0.2, 0.25) is 0 Å². The van der Waals surface area contributed by atoms with Gasteiger partial charge in [-0.3, -0.25) is 14.7 Å². The summed E-state index contributed by atoms with van der Waals surface area (Å²) in [6.45, 7) is 4.95. The van der Waals surface area contributed by atoms with Crippen molar-refractivity contribution in [1.29, 1.82) is 0 Å². The number of aliphatic imine (C=N–C) groups is 1. The Morgan fingerprint density at radius 1 is 1.78 bits per heavy atom. The van der Waals surface area contributed by atoms with Crippen LogP contribution in [0.3, 0.4) is 0 Å². The number of hydrogen-bond acceptors (Lipinski definition) is 2. The fraction of sp³-hybridized carbons (Fsp3) is 0.667. The first-order valence-electron chi connectivity index (χ1n) is 3.01. The number of rotatable bonds is 0. The van der Waals surface area contributed by atoms with Crippen LogP contribution in [-0.4, -0.2) is 29.7 Å². The van der Waals surface area contributed by atoms with Crippen molar-refractivity contribution in [3.05, 3.63) is 0 Å². The van der Waals surface area contributed by atoms with Crippen LogP contribution in [0.25, 0.3) is 0 Å². The number of amides is 1. The molecule has 0 atom stereocenters. The highest BCUT2D eigenvalue weighted by atomic mass is 16.2. The molecule has 50 valence electrons. The largest absolute Gasteiger partial charge is 0.299 e. The van der Waals surface area contributed by atoms with Crippen LogP contribution in [0.4, 0.5) is 0 Å². The van der Waals surface area contributed by atoms with Crippen molar-refractivity contribution < 1.29 is 4.79 Å². The molecule has 3 nitrogen and oxygen atoms in total. The van der Waals surface area contributed by atoms with E-state index in [1.165, 1.54) is 0 Å². The molecule has 3 heteroatoms. The van der Waals surface area contributed by atoms with Gasteiger partial charge in [0.25, 0.3) is 0 Å². The van der Waals surface area contributed by atoms with Gasteiger partial charge in [0.2, 0.25) is 5.91 Å². The highest BCUT2D eigenvalue weighted by Crippen LogP contribution is 1.99. The average Bonchev–Trinajstić information content (AvgIpc) is 2.13. The van der Waals surface area contributed by atoms with E-state index in [0.29, 0.717) is 0 Å². The zero-order valence-electron chi connectivity index (χ0n) is 5.72. The van der Waals surface area contributed by atoms with Gasteiger partial charge < -0.3 is 0 Å². The van der Waals surface area contributed by atoms with Crippen LogP contribution in [0, 0.1) is 0 Å². The Kier molecular flexibility index (Phi) is 1.51. The minimum absolute atomic E-state index is 0.0914. The quantitative estimate of drug-likeness (QED) is 0.458. The topological polar surface area (TPSA) is 32.7 Å². The van der Waals surface area contributed by atoms with Gasteiger partial charge in [0.15, 0.2) is 0 Å². The van der Waals surface area contributed by atoms with E-state index in [0.717, 1.165) is 18.9 Å². The molecule has 0 aromatic heterocycles. The van der Waals surface area contributed by atoms with Crippen LogP contribution < -0.4 is 0 Å². The van der Waals surface area contributed by atoms with Crippen molar-refractivity contribution in [1.82, 2.24) is 4.90 Å². The molecule has 1 rings (SSSR count). The van der Waals surface area contributed by atoms with E-state index < -0.39 is 0 Å². The van der Waals surface area contributed by atoms with Crippen molar-refractivity contribution in [3.63, 3.8) is 0 Å². The second-order valence-electron chi connectivity index (χ2n) is 2.10. The van der Waals surface area contributed by atoms with Crippen LogP contribution >= 0.6 is 0 Å². The van der Waals surface area contributed by atoms with Crippen LogP contribution in [0.15, 0.2) is 4.99 Å². The Labute approximate surface area is 54.4 Å². The Balaban J connectivity index is 2.63. The Morgan fingerprint density at radius 2 is 2.44 bits per heavy atom. The lowest BCUT2D eigenvalue weighted by molar-refractivity contribution is -0.124. The lowest BCUT2D eigenvalue weighted by atomic mass is 10.5. The van der Waals surface area contributed by atoms with Gasteiger partial charge in [0.1, 0.15) is 5.84 Å². The zero-order chi connectivity index (χ0) is 6.85. The van der Waals surface area contributed by atoms with Crippen molar-refractivity contribution in [3.8, 4) is 0 Å². The number of carbonyl (C=O) groups is 1. The summed E-state index contributed by atoms with van der Waals surface area (Å²) in [5.74, 6) is 0.941. The smallest absolute Gasteiger partial charge is 0.224 e. The molecule has 0 N–H and O–H groups in total. The molecule has 0 aliphatic carbocycles. The minimum atomic E-state index is 0.0914. The molecule has 0 saturated carbocycles. The Bertz CT molecular complexity index is 162. The highest BCUT2D eigenvalue weighted by Gasteiger charge is 2.15. The number of amidine groups is 1. The molecule has 0 aromatic rings. The molecule has 1 heterocycles. The first kappa shape index (κ1) is 6.26. The molecule has 0 unspecified atom stereocenters. The van der Waals surface area contributed by atoms with Gasteiger partial charge in [-0.25, -0.2) is 0 Å². The molecule has 9 heavy (non-hydrogen) atoms. The van der Waals surface area contributed by atoms with E-state index in [9.17, 15) is 4.79 Å². The summed E-state index contributed by atoms with van der Waals surface area (Å²) in [6, 6.07) is 0. The Morgan fingerprint density at radius 3 is 2.67 bits per heavy atom. The first-order chi connectivity index (χ1) is 4.22. The number of nitrogens with zero attached hydrogens (tertiary/aromatic N) is 2. The maximum absolute atomic E-state index is 10.7. The summed E-state index contributed by atoms with van der Waals surface area (Å²) in [7, 11) is 0. The molecule has 1 aliphatic heterocycles. The van der Waals surface area contributed by atoms with Crippen LogP contribution in [-0.2, 0) is 4.79 Å². The normalized spacial score (nSPS) is 18.0. The van der Waals surface area contributed by atoms with Crippen molar-refractivity contribution in [2.45, 2.75) is 13.8 Å². The third kappa shape index (κ3) is 1.09. The summed E-state index contributed by atoms with van der Waals surface area (Å²) in [6.07, 6.45) is 0. The van der Waals surface area contributed by atoms with E-state index in [-0.39, 0.29) is 5.91 Å². The lowest BCUT2D eigenvalue weighted by Crippen LogP contribution is -2.30. The lowest BCUT2D eigenvalue weighted by Gasteiger charge is -2.11. The summed E-state index contributed by atoms with van der Waals surface area (Å²) >= 11 is 0. The highest BCUT2D eigenvalue weighted by molar-refractivity contribution is 5.97. The fourth-order valence-electron chi connectivity index (χ4n) is 0.944. The van der Waals surface area contributed by atoms with Gasteiger partial charge in [-0.2, -0.15) is 0 Å². The Hall–Kier alpha value is -0.860. The van der Waals surface area contributed by atoms with Gasteiger partial charge in [0, 0.05) is 13.5 Å². The molecule has 0 saturated heterocycles. The third-order valence-electron chi connectivity index (χ3n) is 1.43. The fourth-order valence-corrected chi connectivity index (χ4v) is 0.944. The zero-order valence-corrected chi connectivity index (χ0v) is 5.72. The second-order valence-corrected chi connectivity index (χ2v) is 2.10. The van der Waals surface area contributed by atoms with Gasteiger partial charge in [-0.1, -0.05) is 0 Å². The molecule has 1 aliphatic rings. The monoisotopic (exact) mass is 126 g/mol. The average molecular weight is 126 g/mol. The van der Waals surface area contributed by atoms with E-state index in [2.05, 4.69) is 4.99 Å². The summed E-state index contributed by atoms with van der Waals surface area (Å²) in [5, 5.41) is 0. The molecule has 0 fully saturated rings. The van der Waals surface area contributed by atoms with Gasteiger partial charge in [0.05, 0.1) is 6.54 Å². The minimum Gasteiger partial charge on any atom is -0.299 e. The standard InChI is InChI=1S/C6H10N2O/c1-5-7-3-4-8(5)6(2)9/h3-4H2,1-2H3. The SMILES string of the molecule is CC(=O)N1CCN=C1C. The third-order valence-corrected chi connectivity index (χ3v) is 1.43. The van der Waals surface area contributed by atoms with E-state index in [1.54, 1.807) is 11.8 Å². The second kappa shape index (κ2) is 2.17. The molecule has 0 aromatic carbocycles. The van der Waals surface area contributed by atoms with Gasteiger partial charge in [-0.05, 0) is 6.92 Å². The summed E-state index contributed by atoms with van der Waals surface area (Å²) in [5.41, 5.74) is 0. The molecular weight excluding hydrogens is 116 g/mol. The predicted octanol–water partition coefficient (Wildman–Crippen LogP) is 0.267. The maximum Gasteiger partial charge on any atom is 0.224 e. The molecule has 0 spiro atoms. The van der Waals surface area contributed by atoms with Crippen molar-refractivity contribution >= 4 is 11.7 Å². The molecule has 0 radical (unpaired) electrons. The molecular formula is C6H10N2O. The predicted molar refractivity (Wildman–Crippen MR) is 35.4 cm³/mol. The van der Waals surface area contributed by atoms with E-state index in [4.69, 9.17) is 0 Å². The van der Waals surface area contributed by atoms with Crippen LogP contribution in [0.5, 0.6) is 0 Å². The van der Waals surface area contributed by atoms with E-state index >= 15 is 0 Å². The van der Waals surface area contributed by atoms with Gasteiger partial charge in [-0.15, -0.1) is 0 Å². The van der Waals surface area contributed by atoms with Crippen LogP contribution in [0.1, 0.15) is 13.8 Å². The molecule has 0 bridgehead atoms. The van der Waals surface area contributed by atoms with Crippen molar-refractivity contribution in [2.75, 3.05) is 13.1 Å². The molecule has 1 amide bonds. The van der Waals surface area contributed by atoms with Gasteiger partial charge >= 0.3 is 0 Å². The summed E-state index contributed by atoms with van der Waals surface area (Å²) < 4.78 is 0. The number of carbonyl (C=O) groups excluding carboxylic acids is 1. The van der Waals surface area contributed by atoms with E-state index in [1.807, 2.05) is 6.92 Å². The summed E-state index contributed by atoms with van der Waals surface area (Å²) in [4.78, 5) is 16.4. The maximum atomic E-state index is 10.7.